The molecule has 7 atom stereocenters. The Hall–Kier alpha value is -3.66. The summed E-state index contributed by atoms with van der Waals surface area (Å²) in [6.07, 6.45) is 4.36. The first-order chi connectivity index (χ1) is 23.7. The molecule has 0 aliphatic carbocycles. The van der Waals surface area contributed by atoms with Gasteiger partial charge in [0.05, 0.1) is 29.2 Å². The Balaban J connectivity index is 1.47. The molecular formula is C40H44BrN3O4S. The Morgan fingerprint density at radius 2 is 1.57 bits per heavy atom. The van der Waals surface area contributed by atoms with Crippen LogP contribution in [0, 0.1) is 25.7 Å². The van der Waals surface area contributed by atoms with Gasteiger partial charge in [-0.25, -0.2) is 0 Å². The zero-order valence-electron chi connectivity index (χ0n) is 28.1. The number of halogens is 1. The molecule has 3 fully saturated rings. The fourth-order valence-electron chi connectivity index (χ4n) is 8.36. The van der Waals surface area contributed by atoms with Crippen LogP contribution >= 0.6 is 27.7 Å². The molecule has 0 aromatic heterocycles. The molecule has 3 heterocycles. The maximum Gasteiger partial charge on any atom is 0.251 e. The topological polar surface area (TPSA) is 81.2 Å². The van der Waals surface area contributed by atoms with Crippen LogP contribution in [0.4, 0.5) is 5.69 Å². The van der Waals surface area contributed by atoms with Gasteiger partial charge in [-0.15, -0.1) is 24.9 Å². The number of aliphatic hydroxyl groups excluding tert-OH is 1. The van der Waals surface area contributed by atoms with Crippen molar-refractivity contribution in [2.24, 2.45) is 11.8 Å². The first-order valence-electron chi connectivity index (χ1n) is 16.9. The molecule has 3 aliphatic heterocycles. The van der Waals surface area contributed by atoms with E-state index >= 15 is 9.59 Å². The molecule has 1 spiro atoms. The summed E-state index contributed by atoms with van der Waals surface area (Å²) in [4.78, 5) is 50.3. The second-order valence-corrected chi connectivity index (χ2v) is 16.1. The molecule has 6 rings (SSSR count). The van der Waals surface area contributed by atoms with Crippen molar-refractivity contribution in [1.82, 2.24) is 9.80 Å². The second kappa shape index (κ2) is 14.7. The molecule has 3 aliphatic rings. The minimum Gasteiger partial charge on any atom is -0.394 e. The van der Waals surface area contributed by atoms with Gasteiger partial charge >= 0.3 is 0 Å². The Morgan fingerprint density at radius 1 is 0.959 bits per heavy atom. The lowest BCUT2D eigenvalue weighted by Gasteiger charge is -2.40. The number of carbonyl (C=O) groups is 3. The van der Waals surface area contributed by atoms with Crippen LogP contribution in [0.2, 0.25) is 0 Å². The van der Waals surface area contributed by atoms with Crippen molar-refractivity contribution in [3.05, 3.63) is 126 Å². The molecular weight excluding hydrogens is 698 g/mol. The fraction of sp³-hybridized carbons (Fsp3) is 0.375. The molecule has 9 heteroatoms. The van der Waals surface area contributed by atoms with Gasteiger partial charge in [0, 0.05) is 35.4 Å². The van der Waals surface area contributed by atoms with Crippen molar-refractivity contribution in [3.8, 4) is 0 Å². The molecule has 0 saturated carbocycles. The summed E-state index contributed by atoms with van der Waals surface area (Å²) in [5.74, 6) is -1.94. The summed E-state index contributed by atoms with van der Waals surface area (Å²) >= 11 is 5.53. The van der Waals surface area contributed by atoms with E-state index in [2.05, 4.69) is 29.1 Å². The molecule has 1 N–H and O–H groups in total. The van der Waals surface area contributed by atoms with Gasteiger partial charge in [0.1, 0.15) is 6.04 Å². The highest BCUT2D eigenvalue weighted by Gasteiger charge is 2.76. The standard InChI is InChI=1S/C40H44BrN3O4S/c1-5-20-42(24-29-18-11-8-12-19-29)37(46)32-33-38(47)44(30(25-45)22-28-16-9-7-10-17-28)36(40(33)23-31(41)35(32)49-40)39(48)43(21-6-2)34-26(3)14-13-15-27(34)4/h5-19,30-33,35-36,45H,1-2,20-25H2,3-4H3/t30-,31?,32-,33+,35-,36?,40?/m1/s1. The quantitative estimate of drug-likeness (QED) is 0.169. The van der Waals surface area contributed by atoms with Crippen LogP contribution < -0.4 is 4.90 Å². The van der Waals surface area contributed by atoms with E-state index in [1.54, 1.807) is 38.6 Å². The first kappa shape index (κ1) is 35.2. The molecule has 49 heavy (non-hydrogen) atoms. The van der Waals surface area contributed by atoms with Crippen LogP contribution in [0.3, 0.4) is 0 Å². The van der Waals surface area contributed by atoms with Crippen LogP contribution in [-0.4, -0.2) is 79.2 Å². The number of aliphatic hydroxyl groups is 1. The number of para-hydroxylation sites is 1. The number of hydrogen-bond acceptors (Lipinski definition) is 5. The average Bonchev–Trinajstić information content (AvgIpc) is 3.70. The summed E-state index contributed by atoms with van der Waals surface area (Å²) in [7, 11) is 0. The Labute approximate surface area is 302 Å². The first-order valence-corrected chi connectivity index (χ1v) is 18.7. The molecule has 256 valence electrons. The Bertz CT molecular complexity index is 1700. The summed E-state index contributed by atoms with van der Waals surface area (Å²) in [6.45, 7) is 12.5. The van der Waals surface area contributed by atoms with Gasteiger partial charge < -0.3 is 19.8 Å². The summed E-state index contributed by atoms with van der Waals surface area (Å²) in [5.41, 5.74) is 4.63. The number of alkyl halides is 1. The van der Waals surface area contributed by atoms with Gasteiger partial charge in [0.25, 0.3) is 5.91 Å². The molecule has 3 saturated heterocycles. The van der Waals surface area contributed by atoms with Gasteiger partial charge in [0.15, 0.2) is 0 Å². The van der Waals surface area contributed by atoms with Crippen molar-refractivity contribution < 1.29 is 19.5 Å². The van der Waals surface area contributed by atoms with Crippen LogP contribution in [0.15, 0.2) is 104 Å². The van der Waals surface area contributed by atoms with E-state index < -0.39 is 28.7 Å². The largest absolute Gasteiger partial charge is 0.394 e. The van der Waals surface area contributed by atoms with Gasteiger partial charge in [-0.3, -0.25) is 14.4 Å². The molecule has 0 radical (unpaired) electrons. The molecule has 3 aromatic rings. The number of hydrogen-bond donors (Lipinski definition) is 1. The highest BCUT2D eigenvalue weighted by atomic mass is 79.9. The third-order valence-corrected chi connectivity index (χ3v) is 13.5. The summed E-state index contributed by atoms with van der Waals surface area (Å²) in [5, 5.41) is 10.8. The van der Waals surface area contributed by atoms with Crippen molar-refractivity contribution in [2.45, 2.75) is 60.1 Å². The number of anilines is 1. The number of rotatable bonds is 13. The molecule has 3 aromatic carbocycles. The maximum absolute atomic E-state index is 15.3. The minimum atomic E-state index is -0.903. The highest BCUT2D eigenvalue weighted by Crippen LogP contribution is 2.68. The predicted molar refractivity (Wildman–Crippen MR) is 201 cm³/mol. The summed E-state index contributed by atoms with van der Waals surface area (Å²) < 4.78 is -0.875. The lowest BCUT2D eigenvalue weighted by atomic mass is 9.70. The number of aryl methyl sites for hydroxylation is 2. The fourth-order valence-corrected chi connectivity index (χ4v) is 11.9. The molecule has 3 unspecified atom stereocenters. The number of nitrogens with zero attached hydrogens (tertiary/aromatic N) is 3. The van der Waals surface area contributed by atoms with Gasteiger partial charge in [0.2, 0.25) is 11.8 Å². The third kappa shape index (κ3) is 6.30. The molecule has 7 nitrogen and oxygen atoms in total. The van der Waals surface area contributed by atoms with Crippen molar-refractivity contribution in [3.63, 3.8) is 0 Å². The minimum absolute atomic E-state index is 0.0807. The van der Waals surface area contributed by atoms with E-state index in [4.69, 9.17) is 0 Å². The van der Waals surface area contributed by atoms with Gasteiger partial charge in [-0.2, -0.15) is 0 Å². The Morgan fingerprint density at radius 3 is 2.16 bits per heavy atom. The number of amides is 3. The maximum atomic E-state index is 15.3. The Kier molecular flexibility index (Phi) is 10.5. The van der Waals surface area contributed by atoms with E-state index in [9.17, 15) is 9.90 Å². The number of likely N-dealkylation sites (tertiary alicyclic amines) is 1. The van der Waals surface area contributed by atoms with E-state index in [-0.39, 0.29) is 41.0 Å². The predicted octanol–water partition coefficient (Wildman–Crippen LogP) is 6.11. The second-order valence-electron chi connectivity index (χ2n) is 13.4. The van der Waals surface area contributed by atoms with Crippen molar-refractivity contribution >= 4 is 51.1 Å². The SMILES string of the molecule is C=CCN(Cc1ccccc1)C(=O)[C@H]1[C@@H]2SC3(CC2Br)C(C(=O)N(CC=C)c2c(C)cccc2C)N([C@@H](CO)Cc2ccccc2)C(=O)[C@H]13. The smallest absolute Gasteiger partial charge is 0.251 e. The van der Waals surface area contributed by atoms with Crippen LogP contribution in [0.1, 0.15) is 28.7 Å². The monoisotopic (exact) mass is 741 g/mol. The molecule has 2 bridgehead atoms. The van der Waals surface area contributed by atoms with Crippen molar-refractivity contribution in [1.29, 1.82) is 0 Å². The zero-order valence-corrected chi connectivity index (χ0v) is 30.5. The van der Waals surface area contributed by atoms with E-state index in [1.165, 1.54) is 0 Å². The zero-order chi connectivity index (χ0) is 34.9. The number of benzene rings is 3. The average molecular weight is 743 g/mol. The van der Waals surface area contributed by atoms with Crippen LogP contribution in [0.5, 0.6) is 0 Å². The third-order valence-electron chi connectivity index (χ3n) is 10.3. The van der Waals surface area contributed by atoms with Crippen LogP contribution in [0.25, 0.3) is 0 Å². The van der Waals surface area contributed by atoms with Crippen LogP contribution in [-0.2, 0) is 27.3 Å². The summed E-state index contributed by atoms with van der Waals surface area (Å²) in [6, 6.07) is 23.9. The van der Waals surface area contributed by atoms with Crippen molar-refractivity contribution in [2.75, 3.05) is 24.6 Å². The highest BCUT2D eigenvalue weighted by molar-refractivity contribution is 9.09. The van der Waals surface area contributed by atoms with E-state index in [1.807, 2.05) is 92.7 Å². The lowest BCUT2D eigenvalue weighted by Crippen LogP contribution is -2.58. The van der Waals surface area contributed by atoms with Gasteiger partial charge in [-0.1, -0.05) is 107 Å². The normalized spacial score (nSPS) is 25.9. The number of carbonyl (C=O) groups excluding carboxylic acids is 3. The van der Waals surface area contributed by atoms with Gasteiger partial charge in [-0.05, 0) is 48.9 Å². The molecule has 3 amide bonds. The van der Waals surface area contributed by atoms with E-state index in [0.29, 0.717) is 25.9 Å². The number of thioether (sulfide) groups is 1. The van der Waals surface area contributed by atoms with E-state index in [0.717, 1.165) is 27.9 Å². The number of fused-ring (bicyclic) bond motifs is 1. The lowest BCUT2D eigenvalue weighted by molar-refractivity contribution is -0.145.